The SMILES string of the molecule is CCc1cccc(CC)c1-c1ncc2[nH]cc(C)c2c1C. The van der Waals surface area contributed by atoms with Crippen molar-refractivity contribution in [2.45, 2.75) is 40.5 Å². The number of hydrogen-bond donors (Lipinski definition) is 1. The smallest absolute Gasteiger partial charge is 0.0744 e. The minimum Gasteiger partial charge on any atom is -0.360 e. The predicted octanol–water partition coefficient (Wildman–Crippen LogP) is 4.97. The fourth-order valence-corrected chi connectivity index (χ4v) is 3.29. The normalized spacial score (nSPS) is 11.2. The van der Waals surface area contributed by atoms with Crippen LogP contribution in [0.1, 0.15) is 36.1 Å². The molecule has 2 nitrogen and oxygen atoms in total. The van der Waals surface area contributed by atoms with Crippen LogP contribution in [0.4, 0.5) is 0 Å². The quantitative estimate of drug-likeness (QED) is 0.719. The predicted molar refractivity (Wildman–Crippen MR) is 89.8 cm³/mol. The highest BCUT2D eigenvalue weighted by Gasteiger charge is 2.15. The Morgan fingerprint density at radius 3 is 2.33 bits per heavy atom. The number of aromatic amines is 1. The molecule has 0 aliphatic carbocycles. The number of nitrogens with zero attached hydrogens (tertiary/aromatic N) is 1. The van der Waals surface area contributed by atoms with E-state index < -0.39 is 0 Å². The van der Waals surface area contributed by atoms with Crippen molar-refractivity contribution in [2.75, 3.05) is 0 Å². The molecule has 0 radical (unpaired) electrons. The molecule has 0 unspecified atom stereocenters. The number of hydrogen-bond acceptors (Lipinski definition) is 1. The molecular weight excluding hydrogens is 256 g/mol. The average molecular weight is 278 g/mol. The molecule has 0 aliphatic rings. The van der Waals surface area contributed by atoms with E-state index in [1.165, 1.54) is 33.2 Å². The molecular formula is C19H22N2. The first-order valence-electron chi connectivity index (χ1n) is 7.71. The van der Waals surface area contributed by atoms with Gasteiger partial charge in [-0.2, -0.15) is 0 Å². The lowest BCUT2D eigenvalue weighted by molar-refractivity contribution is 1.08. The van der Waals surface area contributed by atoms with Crippen LogP contribution in [-0.2, 0) is 12.8 Å². The Morgan fingerprint density at radius 1 is 1.05 bits per heavy atom. The van der Waals surface area contributed by atoms with Gasteiger partial charge in [-0.15, -0.1) is 0 Å². The number of pyridine rings is 1. The van der Waals surface area contributed by atoms with Crippen LogP contribution in [0.15, 0.2) is 30.6 Å². The zero-order valence-electron chi connectivity index (χ0n) is 13.2. The van der Waals surface area contributed by atoms with Crippen LogP contribution in [-0.4, -0.2) is 9.97 Å². The first kappa shape index (κ1) is 13.9. The Hall–Kier alpha value is -2.09. The lowest BCUT2D eigenvalue weighted by atomic mass is 9.91. The zero-order valence-corrected chi connectivity index (χ0v) is 13.2. The monoisotopic (exact) mass is 278 g/mol. The molecule has 2 heterocycles. The van der Waals surface area contributed by atoms with Crippen molar-refractivity contribution < 1.29 is 0 Å². The van der Waals surface area contributed by atoms with E-state index in [1.54, 1.807) is 0 Å². The highest BCUT2D eigenvalue weighted by Crippen LogP contribution is 2.33. The van der Waals surface area contributed by atoms with E-state index in [-0.39, 0.29) is 0 Å². The summed E-state index contributed by atoms with van der Waals surface area (Å²) in [4.78, 5) is 8.08. The zero-order chi connectivity index (χ0) is 15.0. The molecule has 108 valence electrons. The maximum Gasteiger partial charge on any atom is 0.0744 e. The van der Waals surface area contributed by atoms with Gasteiger partial charge in [-0.3, -0.25) is 4.98 Å². The van der Waals surface area contributed by atoms with Gasteiger partial charge in [0.2, 0.25) is 0 Å². The van der Waals surface area contributed by atoms with Gasteiger partial charge in [0.15, 0.2) is 0 Å². The van der Waals surface area contributed by atoms with Gasteiger partial charge in [-0.25, -0.2) is 0 Å². The van der Waals surface area contributed by atoms with Gasteiger partial charge in [-0.1, -0.05) is 32.0 Å². The van der Waals surface area contributed by atoms with E-state index in [1.807, 2.05) is 6.20 Å². The molecule has 2 aromatic heterocycles. The Labute approximate surface area is 126 Å². The van der Waals surface area contributed by atoms with Crippen LogP contribution in [0, 0.1) is 13.8 Å². The van der Waals surface area contributed by atoms with Crippen LogP contribution in [0.3, 0.4) is 0 Å². The largest absolute Gasteiger partial charge is 0.360 e. The molecule has 0 aliphatic heterocycles. The van der Waals surface area contributed by atoms with Crippen molar-refractivity contribution >= 4 is 10.9 Å². The molecule has 0 spiro atoms. The number of nitrogens with one attached hydrogen (secondary N) is 1. The van der Waals surface area contributed by atoms with Gasteiger partial charge < -0.3 is 4.98 Å². The van der Waals surface area contributed by atoms with E-state index >= 15 is 0 Å². The van der Waals surface area contributed by atoms with Gasteiger partial charge in [-0.05, 0) is 48.9 Å². The van der Waals surface area contributed by atoms with Crippen molar-refractivity contribution in [1.29, 1.82) is 0 Å². The maximum atomic E-state index is 4.78. The molecule has 0 amide bonds. The fraction of sp³-hybridized carbons (Fsp3) is 0.316. The first-order chi connectivity index (χ1) is 10.2. The Bertz CT molecular complexity index is 774. The van der Waals surface area contributed by atoms with Crippen LogP contribution in [0.5, 0.6) is 0 Å². The third-order valence-electron chi connectivity index (χ3n) is 4.40. The maximum absolute atomic E-state index is 4.78. The van der Waals surface area contributed by atoms with Gasteiger partial charge in [0.25, 0.3) is 0 Å². The first-order valence-corrected chi connectivity index (χ1v) is 7.71. The number of aromatic nitrogens is 2. The van der Waals surface area contributed by atoms with Crippen LogP contribution in [0.25, 0.3) is 22.2 Å². The molecule has 3 rings (SSSR count). The molecule has 0 fully saturated rings. The molecule has 2 heteroatoms. The van der Waals surface area contributed by atoms with Crippen LogP contribution in [0.2, 0.25) is 0 Å². The third-order valence-corrected chi connectivity index (χ3v) is 4.40. The van der Waals surface area contributed by atoms with E-state index in [0.717, 1.165) is 24.1 Å². The van der Waals surface area contributed by atoms with Crippen molar-refractivity contribution in [1.82, 2.24) is 9.97 Å². The molecule has 1 N–H and O–H groups in total. The number of H-pyrrole nitrogens is 1. The lowest BCUT2D eigenvalue weighted by Gasteiger charge is -2.15. The van der Waals surface area contributed by atoms with Crippen LogP contribution >= 0.6 is 0 Å². The molecule has 1 aromatic carbocycles. The van der Waals surface area contributed by atoms with Crippen LogP contribution < -0.4 is 0 Å². The second-order valence-electron chi connectivity index (χ2n) is 5.65. The molecule has 3 aromatic rings. The molecule has 21 heavy (non-hydrogen) atoms. The highest BCUT2D eigenvalue weighted by molar-refractivity contribution is 5.91. The number of fused-ring (bicyclic) bond motifs is 1. The molecule has 0 bridgehead atoms. The Kier molecular flexibility index (Phi) is 3.54. The summed E-state index contributed by atoms with van der Waals surface area (Å²) in [5.41, 5.74) is 8.94. The summed E-state index contributed by atoms with van der Waals surface area (Å²) >= 11 is 0. The van der Waals surface area contributed by atoms with Crippen molar-refractivity contribution in [2.24, 2.45) is 0 Å². The van der Waals surface area contributed by atoms with E-state index in [0.29, 0.717) is 0 Å². The highest BCUT2D eigenvalue weighted by atomic mass is 14.8. The summed E-state index contributed by atoms with van der Waals surface area (Å²) in [6.07, 6.45) is 6.11. The summed E-state index contributed by atoms with van der Waals surface area (Å²) in [6, 6.07) is 6.62. The second kappa shape index (κ2) is 5.36. The Balaban J connectivity index is 2.35. The summed E-state index contributed by atoms with van der Waals surface area (Å²) in [5, 5.41) is 1.31. The van der Waals surface area contributed by atoms with E-state index in [4.69, 9.17) is 4.98 Å². The van der Waals surface area contributed by atoms with Crippen molar-refractivity contribution in [3.8, 4) is 11.3 Å². The number of benzene rings is 1. The molecule has 0 saturated heterocycles. The number of aryl methyl sites for hydroxylation is 4. The Morgan fingerprint density at radius 2 is 1.71 bits per heavy atom. The van der Waals surface area contributed by atoms with E-state index in [2.05, 4.69) is 57.1 Å². The van der Waals surface area contributed by atoms with Gasteiger partial charge in [0.05, 0.1) is 17.4 Å². The number of rotatable bonds is 3. The third kappa shape index (κ3) is 2.15. The summed E-state index contributed by atoms with van der Waals surface area (Å²) in [7, 11) is 0. The standard InChI is InChI=1S/C19H22N2/c1-5-14-8-7-9-15(6-2)18(14)19-13(4)17-12(3)10-20-16(17)11-21-19/h7-11,20H,5-6H2,1-4H3. The minimum atomic E-state index is 1.04. The lowest BCUT2D eigenvalue weighted by Crippen LogP contribution is -1.98. The summed E-state index contributed by atoms with van der Waals surface area (Å²) < 4.78 is 0. The molecule has 0 atom stereocenters. The summed E-state index contributed by atoms with van der Waals surface area (Å²) in [5.74, 6) is 0. The van der Waals surface area contributed by atoms with Crippen molar-refractivity contribution in [3.63, 3.8) is 0 Å². The fourth-order valence-electron chi connectivity index (χ4n) is 3.29. The van der Waals surface area contributed by atoms with E-state index in [9.17, 15) is 0 Å². The van der Waals surface area contributed by atoms with Crippen molar-refractivity contribution in [3.05, 3.63) is 52.8 Å². The average Bonchev–Trinajstić information content (AvgIpc) is 2.89. The second-order valence-corrected chi connectivity index (χ2v) is 5.65. The van der Waals surface area contributed by atoms with Gasteiger partial charge >= 0.3 is 0 Å². The summed E-state index contributed by atoms with van der Waals surface area (Å²) in [6.45, 7) is 8.78. The van der Waals surface area contributed by atoms with Gasteiger partial charge in [0.1, 0.15) is 0 Å². The minimum absolute atomic E-state index is 1.04. The molecule has 0 saturated carbocycles. The van der Waals surface area contributed by atoms with Gasteiger partial charge in [0, 0.05) is 17.1 Å². The topological polar surface area (TPSA) is 28.7 Å².